The highest BCUT2D eigenvalue weighted by molar-refractivity contribution is 6.42. The molecule has 2 aromatic rings. The molecule has 0 aromatic heterocycles. The Morgan fingerprint density at radius 1 is 0.826 bits per heavy atom. The third-order valence-electron chi connectivity index (χ3n) is 2.94. The average molecular weight is 355 g/mol. The highest BCUT2D eigenvalue weighted by atomic mass is 35.5. The molecule has 0 saturated heterocycles. The summed E-state index contributed by atoms with van der Waals surface area (Å²) in [6.45, 7) is 0. The lowest BCUT2D eigenvalue weighted by molar-refractivity contribution is 0.0600. The molecule has 23 heavy (non-hydrogen) atoms. The van der Waals surface area contributed by atoms with Crippen molar-refractivity contribution >= 4 is 35.1 Å². The number of carbonyl (C=O) groups excluding carboxylic acids is 2. The van der Waals surface area contributed by atoms with Gasteiger partial charge in [0.1, 0.15) is 0 Å². The van der Waals surface area contributed by atoms with Crippen LogP contribution in [0.25, 0.3) is 0 Å². The van der Waals surface area contributed by atoms with Crippen molar-refractivity contribution in [1.82, 2.24) is 0 Å². The molecule has 0 heterocycles. The highest BCUT2D eigenvalue weighted by Crippen LogP contribution is 2.30. The summed E-state index contributed by atoms with van der Waals surface area (Å²) in [5.74, 6) is -0.768. The molecule has 0 aliphatic heterocycles. The zero-order valence-corrected chi connectivity index (χ0v) is 13.8. The van der Waals surface area contributed by atoms with Gasteiger partial charge in [-0.05, 0) is 36.4 Å². The first-order chi connectivity index (χ1) is 11.0. The predicted molar refractivity (Wildman–Crippen MR) is 85.8 cm³/mol. The summed E-state index contributed by atoms with van der Waals surface area (Å²) in [4.78, 5) is 23.6. The second-order valence-corrected chi connectivity index (χ2v) is 5.19. The van der Waals surface area contributed by atoms with Crippen molar-refractivity contribution < 1.29 is 23.8 Å². The van der Waals surface area contributed by atoms with Gasteiger partial charge in [0, 0.05) is 0 Å². The van der Waals surface area contributed by atoms with Crippen LogP contribution in [0.1, 0.15) is 20.7 Å². The molecule has 2 aromatic carbocycles. The average Bonchev–Trinajstić information content (AvgIpc) is 2.56. The number of ether oxygens (including phenoxy) is 3. The van der Waals surface area contributed by atoms with Crippen LogP contribution >= 0.6 is 23.2 Å². The van der Waals surface area contributed by atoms with E-state index >= 15 is 0 Å². The van der Waals surface area contributed by atoms with Crippen molar-refractivity contribution in [1.29, 1.82) is 0 Å². The maximum atomic E-state index is 12.1. The Hall–Kier alpha value is -2.24. The maximum Gasteiger partial charge on any atom is 0.343 e. The van der Waals surface area contributed by atoms with Gasteiger partial charge >= 0.3 is 11.9 Å². The molecule has 0 atom stereocenters. The zero-order chi connectivity index (χ0) is 17.0. The van der Waals surface area contributed by atoms with Gasteiger partial charge in [0.2, 0.25) is 0 Å². The van der Waals surface area contributed by atoms with Crippen LogP contribution < -0.4 is 9.47 Å². The first kappa shape index (κ1) is 17.1. The van der Waals surface area contributed by atoms with E-state index < -0.39 is 11.9 Å². The zero-order valence-electron chi connectivity index (χ0n) is 12.3. The van der Waals surface area contributed by atoms with Crippen LogP contribution in [0.15, 0.2) is 36.4 Å². The van der Waals surface area contributed by atoms with E-state index in [4.69, 9.17) is 32.7 Å². The van der Waals surface area contributed by atoms with E-state index in [1.165, 1.54) is 50.6 Å². The number of halogens is 2. The Bertz CT molecular complexity index is 758. The van der Waals surface area contributed by atoms with Crippen LogP contribution in [0, 0.1) is 0 Å². The fraction of sp³-hybridized carbons (Fsp3) is 0.125. The molecule has 2 rings (SSSR count). The monoisotopic (exact) mass is 354 g/mol. The Labute approximate surface area is 142 Å². The predicted octanol–water partition coefficient (Wildman–Crippen LogP) is 4.01. The standard InChI is InChI=1S/C16H12Cl2O5/c1-21-14-8-10(15(19)22-2)4-6-13(14)23-16(20)9-3-5-11(17)12(18)7-9/h3-8H,1-2H3. The molecule has 0 N–H and O–H groups in total. The molecular formula is C16H12Cl2O5. The molecule has 120 valence electrons. The SMILES string of the molecule is COC(=O)c1ccc(OC(=O)c2ccc(Cl)c(Cl)c2)c(OC)c1. The first-order valence-electron chi connectivity index (χ1n) is 6.40. The van der Waals surface area contributed by atoms with Gasteiger partial charge in [0.05, 0.1) is 35.4 Å². The third kappa shape index (κ3) is 3.94. The molecule has 0 unspecified atom stereocenters. The van der Waals surface area contributed by atoms with E-state index in [9.17, 15) is 9.59 Å². The summed E-state index contributed by atoms with van der Waals surface area (Å²) < 4.78 is 15.0. The number of rotatable bonds is 4. The van der Waals surface area contributed by atoms with Crippen molar-refractivity contribution in [3.8, 4) is 11.5 Å². The van der Waals surface area contributed by atoms with Gasteiger partial charge in [-0.25, -0.2) is 9.59 Å². The van der Waals surface area contributed by atoms with Gasteiger partial charge in [0.15, 0.2) is 11.5 Å². The van der Waals surface area contributed by atoms with Crippen molar-refractivity contribution in [2.24, 2.45) is 0 Å². The van der Waals surface area contributed by atoms with Gasteiger partial charge < -0.3 is 14.2 Å². The van der Waals surface area contributed by atoms with E-state index in [1.807, 2.05) is 0 Å². The van der Waals surface area contributed by atoms with E-state index in [0.717, 1.165) is 0 Å². The summed E-state index contributed by atoms with van der Waals surface area (Å²) in [6, 6.07) is 8.72. The second-order valence-electron chi connectivity index (χ2n) is 4.38. The molecule has 0 aliphatic rings. The van der Waals surface area contributed by atoms with Crippen LogP contribution in [-0.2, 0) is 4.74 Å². The molecule has 0 saturated carbocycles. The highest BCUT2D eigenvalue weighted by Gasteiger charge is 2.16. The minimum atomic E-state index is -0.632. The minimum absolute atomic E-state index is 0.163. The molecular weight excluding hydrogens is 343 g/mol. The first-order valence-corrected chi connectivity index (χ1v) is 7.15. The third-order valence-corrected chi connectivity index (χ3v) is 3.68. The van der Waals surface area contributed by atoms with Crippen molar-refractivity contribution in [3.63, 3.8) is 0 Å². The quantitative estimate of drug-likeness (QED) is 0.613. The van der Waals surface area contributed by atoms with E-state index in [2.05, 4.69) is 4.74 Å². The molecule has 0 amide bonds. The van der Waals surface area contributed by atoms with Crippen LogP contribution in [0.2, 0.25) is 10.0 Å². The number of hydrogen-bond acceptors (Lipinski definition) is 5. The van der Waals surface area contributed by atoms with Gasteiger partial charge in [-0.2, -0.15) is 0 Å². The molecule has 5 nitrogen and oxygen atoms in total. The number of benzene rings is 2. The summed E-state index contributed by atoms with van der Waals surface area (Å²) in [7, 11) is 2.67. The van der Waals surface area contributed by atoms with Crippen LogP contribution in [0.3, 0.4) is 0 Å². The fourth-order valence-electron chi connectivity index (χ4n) is 1.78. The smallest absolute Gasteiger partial charge is 0.343 e. The van der Waals surface area contributed by atoms with E-state index in [0.29, 0.717) is 5.02 Å². The second kappa shape index (κ2) is 7.35. The Morgan fingerprint density at radius 3 is 2.09 bits per heavy atom. The lowest BCUT2D eigenvalue weighted by Crippen LogP contribution is -2.10. The normalized spacial score (nSPS) is 10.1. The van der Waals surface area contributed by atoms with Crippen molar-refractivity contribution in [2.75, 3.05) is 14.2 Å². The molecule has 0 spiro atoms. The largest absolute Gasteiger partial charge is 0.493 e. The Kier molecular flexibility index (Phi) is 5.47. The molecule has 0 bridgehead atoms. The maximum absolute atomic E-state index is 12.1. The van der Waals surface area contributed by atoms with Crippen molar-refractivity contribution in [3.05, 3.63) is 57.6 Å². The van der Waals surface area contributed by atoms with Crippen LogP contribution in [-0.4, -0.2) is 26.2 Å². The summed E-state index contributed by atoms with van der Waals surface area (Å²) in [6.07, 6.45) is 0. The van der Waals surface area contributed by atoms with E-state index in [-0.39, 0.29) is 27.6 Å². The molecule has 0 fully saturated rings. The Morgan fingerprint density at radius 2 is 1.48 bits per heavy atom. The van der Waals surface area contributed by atoms with E-state index in [1.54, 1.807) is 0 Å². The molecule has 0 aliphatic carbocycles. The fourth-order valence-corrected chi connectivity index (χ4v) is 2.08. The number of methoxy groups -OCH3 is 2. The van der Waals surface area contributed by atoms with Gasteiger partial charge in [-0.1, -0.05) is 23.2 Å². The summed E-state index contributed by atoms with van der Waals surface area (Å²) >= 11 is 11.7. The van der Waals surface area contributed by atoms with Gasteiger partial charge in [0.25, 0.3) is 0 Å². The number of esters is 2. The minimum Gasteiger partial charge on any atom is -0.493 e. The molecule has 7 heteroatoms. The van der Waals surface area contributed by atoms with Gasteiger partial charge in [-0.15, -0.1) is 0 Å². The van der Waals surface area contributed by atoms with Crippen molar-refractivity contribution in [2.45, 2.75) is 0 Å². The Balaban J connectivity index is 2.26. The number of carbonyl (C=O) groups is 2. The van der Waals surface area contributed by atoms with Crippen LogP contribution in [0.5, 0.6) is 11.5 Å². The lowest BCUT2D eigenvalue weighted by Gasteiger charge is -2.10. The molecule has 0 radical (unpaired) electrons. The summed E-state index contributed by atoms with van der Waals surface area (Å²) in [5.41, 5.74) is 0.511. The van der Waals surface area contributed by atoms with Gasteiger partial charge in [-0.3, -0.25) is 0 Å². The lowest BCUT2D eigenvalue weighted by atomic mass is 10.2. The van der Waals surface area contributed by atoms with Crippen LogP contribution in [0.4, 0.5) is 0 Å². The number of hydrogen-bond donors (Lipinski definition) is 0. The summed E-state index contributed by atoms with van der Waals surface area (Å²) in [5, 5.41) is 0.581. The topological polar surface area (TPSA) is 61.8 Å².